The summed E-state index contributed by atoms with van der Waals surface area (Å²) in [5.41, 5.74) is 2.31. The minimum absolute atomic E-state index is 0.00752. The number of benzene rings is 2. The van der Waals surface area contributed by atoms with Gasteiger partial charge in [0.25, 0.3) is 5.91 Å². The summed E-state index contributed by atoms with van der Waals surface area (Å²) >= 11 is 3.49. The summed E-state index contributed by atoms with van der Waals surface area (Å²) in [7, 11) is 0. The third-order valence-corrected chi connectivity index (χ3v) is 4.45. The van der Waals surface area contributed by atoms with E-state index in [2.05, 4.69) is 21.2 Å². The molecule has 0 aliphatic carbocycles. The molecular weight excluding hydrogens is 420 g/mol. The highest BCUT2D eigenvalue weighted by Crippen LogP contribution is 2.35. The smallest absolute Gasteiger partial charge is 0.266 e. The molecule has 146 valence electrons. The molecule has 0 spiro atoms. The van der Waals surface area contributed by atoms with Crippen LogP contribution in [0.5, 0.6) is 11.5 Å². The molecule has 2 rings (SSSR count). The van der Waals surface area contributed by atoms with Gasteiger partial charge in [-0.1, -0.05) is 35.0 Å². The van der Waals surface area contributed by atoms with Gasteiger partial charge in [0.15, 0.2) is 11.5 Å². The van der Waals surface area contributed by atoms with E-state index in [-0.39, 0.29) is 5.57 Å². The van der Waals surface area contributed by atoms with Crippen molar-refractivity contribution in [2.24, 2.45) is 0 Å². The highest BCUT2D eigenvalue weighted by molar-refractivity contribution is 9.10. The van der Waals surface area contributed by atoms with E-state index in [0.717, 1.165) is 12.0 Å². The minimum Gasteiger partial charge on any atom is -0.490 e. The number of hydrogen-bond donors (Lipinski definition) is 1. The molecule has 2 aromatic carbocycles. The van der Waals surface area contributed by atoms with E-state index in [9.17, 15) is 10.1 Å². The second-order valence-electron chi connectivity index (χ2n) is 6.10. The molecule has 2 aromatic rings. The van der Waals surface area contributed by atoms with Crippen LogP contribution in [0.2, 0.25) is 0 Å². The maximum atomic E-state index is 12.5. The monoisotopic (exact) mass is 442 g/mol. The molecular formula is C22H23BrN2O3. The molecule has 0 saturated heterocycles. The lowest BCUT2D eigenvalue weighted by Gasteiger charge is -2.13. The second kappa shape index (κ2) is 10.5. The first kappa shape index (κ1) is 21.5. The summed E-state index contributed by atoms with van der Waals surface area (Å²) in [6.07, 6.45) is 2.41. The van der Waals surface area contributed by atoms with Crippen LogP contribution in [-0.2, 0) is 4.79 Å². The number of carbonyl (C=O) groups excluding carboxylic acids is 1. The number of nitrogens with one attached hydrogen (secondary N) is 1. The fourth-order valence-corrected chi connectivity index (χ4v) is 2.92. The average Bonchev–Trinajstić information content (AvgIpc) is 2.66. The van der Waals surface area contributed by atoms with Gasteiger partial charge in [0.1, 0.15) is 11.6 Å². The van der Waals surface area contributed by atoms with Crippen LogP contribution in [0.4, 0.5) is 5.69 Å². The fourth-order valence-electron chi connectivity index (χ4n) is 2.48. The number of carbonyl (C=O) groups is 1. The number of hydrogen-bond acceptors (Lipinski definition) is 4. The summed E-state index contributed by atoms with van der Waals surface area (Å²) in [5.74, 6) is 0.724. The number of nitrogens with zero attached hydrogens (tertiary/aromatic N) is 1. The molecule has 6 heteroatoms. The van der Waals surface area contributed by atoms with E-state index >= 15 is 0 Å². The topological polar surface area (TPSA) is 71.3 Å². The molecule has 0 heterocycles. The van der Waals surface area contributed by atoms with Crippen molar-refractivity contribution in [1.82, 2.24) is 0 Å². The first-order valence-corrected chi connectivity index (χ1v) is 9.86. The maximum absolute atomic E-state index is 12.5. The van der Waals surface area contributed by atoms with Crippen LogP contribution in [0, 0.1) is 18.3 Å². The molecule has 5 nitrogen and oxygen atoms in total. The molecule has 0 unspecified atom stereocenters. The molecule has 1 amide bonds. The Labute approximate surface area is 174 Å². The van der Waals surface area contributed by atoms with Crippen LogP contribution >= 0.6 is 15.9 Å². The number of ether oxygens (including phenoxy) is 2. The number of halogens is 1. The normalized spacial score (nSPS) is 10.9. The first-order chi connectivity index (χ1) is 13.5. The quantitative estimate of drug-likeness (QED) is 0.433. The van der Waals surface area contributed by atoms with Crippen molar-refractivity contribution in [3.05, 3.63) is 57.6 Å². The predicted molar refractivity (Wildman–Crippen MR) is 114 cm³/mol. The highest BCUT2D eigenvalue weighted by atomic mass is 79.9. The van der Waals surface area contributed by atoms with Gasteiger partial charge in [0, 0.05) is 10.2 Å². The molecule has 0 aliphatic rings. The van der Waals surface area contributed by atoms with Crippen molar-refractivity contribution in [1.29, 1.82) is 5.26 Å². The number of aryl methyl sites for hydroxylation is 1. The van der Waals surface area contributed by atoms with E-state index in [1.165, 1.54) is 6.08 Å². The first-order valence-electron chi connectivity index (χ1n) is 9.07. The van der Waals surface area contributed by atoms with Gasteiger partial charge < -0.3 is 14.8 Å². The third-order valence-electron chi connectivity index (χ3n) is 3.77. The lowest BCUT2D eigenvalue weighted by atomic mass is 10.1. The maximum Gasteiger partial charge on any atom is 0.266 e. The minimum atomic E-state index is -0.468. The Bertz CT molecular complexity index is 916. The van der Waals surface area contributed by atoms with Gasteiger partial charge in [-0.15, -0.1) is 0 Å². The van der Waals surface area contributed by atoms with Crippen LogP contribution in [0.15, 0.2) is 46.4 Å². The molecule has 28 heavy (non-hydrogen) atoms. The van der Waals surface area contributed by atoms with Gasteiger partial charge in [0.05, 0.1) is 13.2 Å². The molecule has 0 bridgehead atoms. The Morgan fingerprint density at radius 3 is 2.61 bits per heavy atom. The lowest BCUT2D eigenvalue weighted by molar-refractivity contribution is -0.112. The van der Waals surface area contributed by atoms with Crippen molar-refractivity contribution in [3.8, 4) is 17.6 Å². The zero-order valence-corrected chi connectivity index (χ0v) is 17.8. The van der Waals surface area contributed by atoms with Crippen molar-refractivity contribution in [3.63, 3.8) is 0 Å². The Morgan fingerprint density at radius 2 is 1.96 bits per heavy atom. The van der Waals surface area contributed by atoms with Gasteiger partial charge in [-0.25, -0.2) is 0 Å². The molecule has 0 aromatic heterocycles. The Kier molecular flexibility index (Phi) is 8.09. The molecule has 0 saturated carbocycles. The van der Waals surface area contributed by atoms with E-state index in [1.54, 1.807) is 18.2 Å². The molecule has 0 atom stereocenters. The van der Waals surface area contributed by atoms with Crippen molar-refractivity contribution in [2.75, 3.05) is 18.5 Å². The molecule has 0 fully saturated rings. The van der Waals surface area contributed by atoms with Crippen LogP contribution in [0.1, 0.15) is 31.4 Å². The summed E-state index contributed by atoms with van der Waals surface area (Å²) in [6, 6.07) is 12.9. The van der Waals surface area contributed by atoms with E-state index in [0.29, 0.717) is 40.4 Å². The largest absolute Gasteiger partial charge is 0.490 e. The fraction of sp³-hybridized carbons (Fsp3) is 0.273. The summed E-state index contributed by atoms with van der Waals surface area (Å²) < 4.78 is 12.1. The van der Waals surface area contributed by atoms with Crippen LogP contribution < -0.4 is 14.8 Å². The zero-order chi connectivity index (χ0) is 20.5. The second-order valence-corrected chi connectivity index (χ2v) is 6.95. The summed E-state index contributed by atoms with van der Waals surface area (Å²) in [4.78, 5) is 12.5. The average molecular weight is 443 g/mol. The van der Waals surface area contributed by atoms with Crippen molar-refractivity contribution < 1.29 is 14.3 Å². The third kappa shape index (κ3) is 5.86. The molecule has 1 N–H and O–H groups in total. The van der Waals surface area contributed by atoms with Gasteiger partial charge in [0.2, 0.25) is 0 Å². The van der Waals surface area contributed by atoms with Gasteiger partial charge in [-0.05, 0) is 61.7 Å². The predicted octanol–water partition coefficient (Wildman–Crippen LogP) is 5.49. The van der Waals surface area contributed by atoms with Crippen LogP contribution in [0.25, 0.3) is 6.08 Å². The van der Waals surface area contributed by atoms with E-state index in [4.69, 9.17) is 9.47 Å². The van der Waals surface area contributed by atoms with E-state index < -0.39 is 5.91 Å². The molecule has 0 aliphatic heterocycles. The Morgan fingerprint density at radius 1 is 1.21 bits per heavy atom. The van der Waals surface area contributed by atoms with Gasteiger partial charge in [-0.2, -0.15) is 5.26 Å². The standard InChI is InChI=1S/C22H23BrN2O3/c1-4-9-28-21-13-19(23)16(12-20(21)27-5-2)11-17(14-24)22(26)25-18-8-6-7-15(3)10-18/h6-8,10-13H,4-5,9H2,1-3H3,(H,25,26). The lowest BCUT2D eigenvalue weighted by Crippen LogP contribution is -2.13. The van der Waals surface area contributed by atoms with Gasteiger partial charge >= 0.3 is 0 Å². The Balaban J connectivity index is 2.33. The highest BCUT2D eigenvalue weighted by Gasteiger charge is 2.14. The number of amides is 1. The van der Waals surface area contributed by atoms with Crippen molar-refractivity contribution >= 4 is 33.6 Å². The number of nitriles is 1. The van der Waals surface area contributed by atoms with Gasteiger partial charge in [-0.3, -0.25) is 4.79 Å². The molecule has 0 radical (unpaired) electrons. The van der Waals surface area contributed by atoms with E-state index in [1.807, 2.05) is 45.0 Å². The van der Waals surface area contributed by atoms with Crippen LogP contribution in [0.3, 0.4) is 0 Å². The zero-order valence-electron chi connectivity index (χ0n) is 16.2. The SMILES string of the molecule is CCCOc1cc(Br)c(C=C(C#N)C(=O)Nc2cccc(C)c2)cc1OCC. The Hall–Kier alpha value is -2.78. The number of rotatable bonds is 8. The summed E-state index contributed by atoms with van der Waals surface area (Å²) in [6.45, 7) is 6.90. The summed E-state index contributed by atoms with van der Waals surface area (Å²) in [5, 5.41) is 12.2. The van der Waals surface area contributed by atoms with Crippen LogP contribution in [-0.4, -0.2) is 19.1 Å². The van der Waals surface area contributed by atoms with Crippen molar-refractivity contribution in [2.45, 2.75) is 27.2 Å². The number of anilines is 1.